The van der Waals surface area contributed by atoms with E-state index in [0.29, 0.717) is 4.88 Å². The van der Waals surface area contributed by atoms with Crippen LogP contribution < -0.4 is 0 Å². The predicted octanol–water partition coefficient (Wildman–Crippen LogP) is 4.40. The minimum Gasteiger partial charge on any atom is -0.455 e. The summed E-state index contributed by atoms with van der Waals surface area (Å²) in [5.41, 5.74) is 0.856. The van der Waals surface area contributed by atoms with Crippen LogP contribution in [0, 0.1) is 0 Å². The van der Waals surface area contributed by atoms with E-state index in [1.54, 1.807) is 17.4 Å². The molecule has 0 N–H and O–H groups in total. The lowest BCUT2D eigenvalue weighted by atomic mass is 10.2. The number of hydrogen-bond donors (Lipinski definition) is 0. The van der Waals surface area contributed by atoms with Gasteiger partial charge in [-0.25, -0.2) is 4.79 Å². The van der Waals surface area contributed by atoms with Crippen molar-refractivity contribution in [2.45, 2.75) is 6.61 Å². The van der Waals surface area contributed by atoms with Gasteiger partial charge in [0.1, 0.15) is 6.61 Å². The minimum atomic E-state index is -0.816. The first-order chi connectivity index (χ1) is 10.7. The fraction of sp³-hybridized carbons (Fsp3) is 0.0588. The van der Waals surface area contributed by atoms with E-state index in [9.17, 15) is 9.59 Å². The van der Waals surface area contributed by atoms with Crippen LogP contribution in [0.4, 0.5) is 0 Å². The predicted molar refractivity (Wildman–Crippen MR) is 88.2 cm³/mol. The van der Waals surface area contributed by atoms with Crippen LogP contribution >= 0.6 is 22.7 Å². The third-order valence-corrected chi connectivity index (χ3v) is 5.14. The quantitative estimate of drug-likeness (QED) is 0.396. The number of benzene rings is 1. The van der Waals surface area contributed by atoms with Crippen LogP contribution in [0.15, 0.2) is 60.0 Å². The molecule has 0 saturated carbocycles. The van der Waals surface area contributed by atoms with E-state index in [1.807, 2.05) is 53.9 Å². The van der Waals surface area contributed by atoms with Crippen LogP contribution in [0.25, 0.3) is 9.75 Å². The highest BCUT2D eigenvalue weighted by molar-refractivity contribution is 7.22. The molecule has 0 aliphatic rings. The summed E-state index contributed by atoms with van der Waals surface area (Å²) >= 11 is 2.91. The first kappa shape index (κ1) is 14.7. The van der Waals surface area contributed by atoms with Crippen molar-refractivity contribution in [2.24, 2.45) is 0 Å². The average Bonchev–Trinajstić information content (AvgIpc) is 3.23. The van der Waals surface area contributed by atoms with Crippen molar-refractivity contribution in [3.63, 3.8) is 0 Å². The summed E-state index contributed by atoms with van der Waals surface area (Å²) in [7, 11) is 0. The summed E-state index contributed by atoms with van der Waals surface area (Å²) in [6.45, 7) is 0.106. The molecule has 0 aliphatic carbocycles. The first-order valence-corrected chi connectivity index (χ1v) is 8.33. The van der Waals surface area contributed by atoms with E-state index in [-0.39, 0.29) is 6.61 Å². The molecule has 2 aromatic heterocycles. The van der Waals surface area contributed by atoms with Crippen molar-refractivity contribution in [1.82, 2.24) is 0 Å². The number of hydrogen-bond acceptors (Lipinski definition) is 5. The Hall–Kier alpha value is -2.24. The van der Waals surface area contributed by atoms with Gasteiger partial charge in [0.2, 0.25) is 0 Å². The fourth-order valence-corrected chi connectivity index (χ4v) is 3.67. The Kier molecular flexibility index (Phi) is 4.46. The maximum atomic E-state index is 12.1. The van der Waals surface area contributed by atoms with Gasteiger partial charge >= 0.3 is 5.97 Å². The number of carbonyl (C=O) groups excluding carboxylic acids is 2. The van der Waals surface area contributed by atoms with E-state index in [0.717, 1.165) is 15.3 Å². The number of esters is 1. The summed E-state index contributed by atoms with van der Waals surface area (Å²) in [4.78, 5) is 26.4. The van der Waals surface area contributed by atoms with Gasteiger partial charge in [-0.15, -0.1) is 22.7 Å². The van der Waals surface area contributed by atoms with E-state index in [4.69, 9.17) is 4.74 Å². The van der Waals surface area contributed by atoms with Crippen molar-refractivity contribution in [3.8, 4) is 9.75 Å². The number of carbonyl (C=O) groups is 2. The Morgan fingerprint density at radius 2 is 1.73 bits per heavy atom. The molecule has 0 fully saturated rings. The van der Waals surface area contributed by atoms with E-state index in [1.165, 1.54) is 11.3 Å². The number of ketones is 1. The molecule has 2 heterocycles. The molecule has 0 bridgehead atoms. The maximum Gasteiger partial charge on any atom is 0.380 e. The van der Waals surface area contributed by atoms with Crippen LogP contribution in [-0.2, 0) is 16.1 Å². The van der Waals surface area contributed by atoms with Crippen LogP contribution in [0.3, 0.4) is 0 Å². The van der Waals surface area contributed by atoms with Crippen LogP contribution in [0.1, 0.15) is 15.2 Å². The van der Waals surface area contributed by atoms with Gasteiger partial charge in [0.15, 0.2) is 0 Å². The molecule has 22 heavy (non-hydrogen) atoms. The second kappa shape index (κ2) is 6.68. The second-order valence-electron chi connectivity index (χ2n) is 4.53. The third kappa shape index (κ3) is 3.32. The molecule has 1 aromatic carbocycles. The molecule has 0 aliphatic heterocycles. The Balaban J connectivity index is 1.65. The zero-order valence-corrected chi connectivity index (χ0v) is 13.2. The van der Waals surface area contributed by atoms with E-state index < -0.39 is 11.8 Å². The van der Waals surface area contributed by atoms with E-state index in [2.05, 4.69) is 0 Å². The molecule has 0 spiro atoms. The van der Waals surface area contributed by atoms with E-state index >= 15 is 0 Å². The monoisotopic (exact) mass is 328 g/mol. The van der Waals surface area contributed by atoms with Gasteiger partial charge in [-0.1, -0.05) is 36.4 Å². The topological polar surface area (TPSA) is 43.4 Å². The molecular weight excluding hydrogens is 316 g/mol. The normalized spacial score (nSPS) is 10.4. The molecule has 3 nitrogen and oxygen atoms in total. The Labute approximate surface area is 135 Å². The highest BCUT2D eigenvalue weighted by Crippen LogP contribution is 2.31. The average molecular weight is 328 g/mol. The minimum absolute atomic E-state index is 0.106. The lowest BCUT2D eigenvalue weighted by Crippen LogP contribution is -2.16. The van der Waals surface area contributed by atoms with Crippen molar-refractivity contribution in [1.29, 1.82) is 0 Å². The largest absolute Gasteiger partial charge is 0.455 e. The summed E-state index contributed by atoms with van der Waals surface area (Å²) in [6, 6.07) is 16.8. The Morgan fingerprint density at radius 1 is 0.909 bits per heavy atom. The van der Waals surface area contributed by atoms with Gasteiger partial charge in [-0.2, -0.15) is 0 Å². The zero-order chi connectivity index (χ0) is 15.4. The smallest absolute Gasteiger partial charge is 0.380 e. The zero-order valence-electron chi connectivity index (χ0n) is 11.5. The van der Waals surface area contributed by atoms with Gasteiger partial charge in [0.05, 0.1) is 4.88 Å². The first-order valence-electron chi connectivity index (χ1n) is 6.63. The molecule has 0 amide bonds. The molecule has 0 atom stereocenters. The summed E-state index contributed by atoms with van der Waals surface area (Å²) < 4.78 is 5.07. The highest BCUT2D eigenvalue weighted by Gasteiger charge is 2.20. The molecular formula is C17H12O3S2. The molecule has 3 aromatic rings. The lowest BCUT2D eigenvalue weighted by molar-refractivity contribution is -0.139. The van der Waals surface area contributed by atoms with Crippen molar-refractivity contribution >= 4 is 34.4 Å². The molecule has 3 rings (SSSR count). The number of Topliss-reactive ketones (excluding diaryl/α,β-unsaturated/α-hetero) is 1. The van der Waals surface area contributed by atoms with Crippen molar-refractivity contribution in [2.75, 3.05) is 0 Å². The van der Waals surface area contributed by atoms with Gasteiger partial charge in [-0.3, -0.25) is 4.79 Å². The van der Waals surface area contributed by atoms with Gasteiger partial charge < -0.3 is 4.74 Å². The number of thiophene rings is 2. The summed E-state index contributed by atoms with van der Waals surface area (Å²) in [6.07, 6.45) is 0. The van der Waals surface area contributed by atoms with Gasteiger partial charge in [0.25, 0.3) is 5.78 Å². The molecule has 0 unspecified atom stereocenters. The molecule has 110 valence electrons. The SMILES string of the molecule is O=C(OCc1ccccc1)C(=O)c1ccc(-c2cccs2)s1. The van der Waals surface area contributed by atoms with Gasteiger partial charge in [0, 0.05) is 9.75 Å². The Morgan fingerprint density at radius 3 is 2.45 bits per heavy atom. The Bertz CT molecular complexity index is 773. The summed E-state index contributed by atoms with van der Waals surface area (Å²) in [5, 5.41) is 1.98. The molecule has 5 heteroatoms. The maximum absolute atomic E-state index is 12.1. The number of rotatable bonds is 5. The lowest BCUT2D eigenvalue weighted by Gasteiger charge is -2.02. The number of ether oxygens (including phenoxy) is 1. The van der Waals surface area contributed by atoms with Crippen LogP contribution in [0.2, 0.25) is 0 Å². The van der Waals surface area contributed by atoms with Crippen LogP contribution in [-0.4, -0.2) is 11.8 Å². The van der Waals surface area contributed by atoms with Crippen LogP contribution in [0.5, 0.6) is 0 Å². The molecule has 0 radical (unpaired) electrons. The standard InChI is InChI=1S/C17H12O3S2/c18-16(17(19)20-11-12-5-2-1-3-6-12)15-9-8-14(22-15)13-7-4-10-21-13/h1-10H,11H2. The second-order valence-corrected chi connectivity index (χ2v) is 6.56. The fourth-order valence-electron chi connectivity index (χ4n) is 1.90. The molecule has 0 saturated heterocycles. The van der Waals surface area contributed by atoms with Crippen molar-refractivity contribution in [3.05, 3.63) is 70.4 Å². The van der Waals surface area contributed by atoms with Gasteiger partial charge in [-0.05, 0) is 29.1 Å². The summed E-state index contributed by atoms with van der Waals surface area (Å²) in [5.74, 6) is -1.41. The third-order valence-electron chi connectivity index (χ3n) is 2.99. The van der Waals surface area contributed by atoms with Crippen molar-refractivity contribution < 1.29 is 14.3 Å². The highest BCUT2D eigenvalue weighted by atomic mass is 32.1.